The van der Waals surface area contributed by atoms with Crippen LogP contribution in [-0.2, 0) is 11.2 Å². The van der Waals surface area contributed by atoms with E-state index in [1.807, 2.05) is 18.4 Å². The van der Waals surface area contributed by atoms with Crippen molar-refractivity contribution in [2.75, 3.05) is 20.2 Å². The smallest absolute Gasteiger partial charge is 0.0750 e. The molecule has 0 unspecified atom stereocenters. The highest BCUT2D eigenvalue weighted by molar-refractivity contribution is 7.10. The molecule has 2 nitrogen and oxygen atoms in total. The lowest BCUT2D eigenvalue weighted by Gasteiger charge is -2.36. The van der Waals surface area contributed by atoms with Crippen LogP contribution in [0.15, 0.2) is 11.4 Å². The number of rotatable bonds is 3. The van der Waals surface area contributed by atoms with Gasteiger partial charge in [0.1, 0.15) is 0 Å². The number of hydrogen-bond donors (Lipinski definition) is 1. The number of nitrogens with one attached hydrogen (secondary N) is 1. The predicted molar refractivity (Wildman–Crippen MR) is 64.6 cm³/mol. The maximum Gasteiger partial charge on any atom is 0.0750 e. The number of methoxy groups -OCH3 is 1. The van der Waals surface area contributed by atoms with E-state index >= 15 is 0 Å². The topological polar surface area (TPSA) is 21.3 Å². The molecule has 1 aromatic rings. The van der Waals surface area contributed by atoms with Crippen molar-refractivity contribution in [3.05, 3.63) is 21.9 Å². The normalized spacial score (nSPS) is 20.4. The lowest BCUT2D eigenvalue weighted by molar-refractivity contribution is -0.0327. The van der Waals surface area contributed by atoms with Crippen LogP contribution in [0.5, 0.6) is 0 Å². The second kappa shape index (κ2) is 4.64. The third-order valence-electron chi connectivity index (χ3n) is 3.23. The molecule has 2 heterocycles. The average molecular weight is 225 g/mol. The van der Waals surface area contributed by atoms with Crippen LogP contribution in [0, 0.1) is 6.92 Å². The molecule has 1 N–H and O–H groups in total. The molecule has 2 rings (SSSR count). The first kappa shape index (κ1) is 11.1. The molecule has 1 aliphatic rings. The molecule has 0 atom stereocenters. The molecule has 0 aromatic carbocycles. The van der Waals surface area contributed by atoms with Crippen molar-refractivity contribution in [1.82, 2.24) is 5.32 Å². The summed E-state index contributed by atoms with van der Waals surface area (Å²) in [6.07, 6.45) is 3.32. The Bertz CT molecular complexity index is 315. The quantitative estimate of drug-likeness (QED) is 0.852. The van der Waals surface area contributed by atoms with E-state index in [2.05, 4.69) is 23.7 Å². The molecule has 0 radical (unpaired) electrons. The van der Waals surface area contributed by atoms with Crippen molar-refractivity contribution in [1.29, 1.82) is 0 Å². The Hall–Kier alpha value is -0.380. The number of ether oxygens (including phenoxy) is 1. The molecule has 0 aliphatic carbocycles. The molecular weight excluding hydrogens is 206 g/mol. The van der Waals surface area contributed by atoms with Crippen molar-refractivity contribution in [3.8, 4) is 0 Å². The molecule has 0 saturated carbocycles. The molecule has 1 saturated heterocycles. The summed E-state index contributed by atoms with van der Waals surface area (Å²) >= 11 is 1.86. The fourth-order valence-corrected chi connectivity index (χ4v) is 3.24. The maximum absolute atomic E-state index is 5.76. The summed E-state index contributed by atoms with van der Waals surface area (Å²) in [4.78, 5) is 1.45. The Balaban J connectivity index is 2.06. The molecule has 3 heteroatoms. The van der Waals surface area contributed by atoms with E-state index in [1.54, 1.807) is 0 Å². The largest absolute Gasteiger partial charge is 0.378 e. The zero-order valence-corrected chi connectivity index (χ0v) is 10.3. The molecule has 0 amide bonds. The first-order chi connectivity index (χ1) is 7.24. The van der Waals surface area contributed by atoms with Crippen LogP contribution in [0.3, 0.4) is 0 Å². The lowest BCUT2D eigenvalue weighted by Crippen LogP contribution is -2.44. The van der Waals surface area contributed by atoms with Crippen molar-refractivity contribution in [2.45, 2.75) is 31.8 Å². The Morgan fingerprint density at radius 3 is 2.73 bits per heavy atom. The van der Waals surface area contributed by atoms with Crippen molar-refractivity contribution in [2.24, 2.45) is 0 Å². The number of piperidine rings is 1. The van der Waals surface area contributed by atoms with Gasteiger partial charge >= 0.3 is 0 Å². The van der Waals surface area contributed by atoms with Gasteiger partial charge in [0.2, 0.25) is 0 Å². The highest BCUT2D eigenvalue weighted by Crippen LogP contribution is 2.29. The van der Waals surface area contributed by atoms with Crippen LogP contribution in [0.4, 0.5) is 0 Å². The van der Waals surface area contributed by atoms with Gasteiger partial charge in [0, 0.05) is 18.4 Å². The zero-order valence-electron chi connectivity index (χ0n) is 9.51. The minimum atomic E-state index is 0.0859. The average Bonchev–Trinajstić information content (AvgIpc) is 2.65. The Morgan fingerprint density at radius 2 is 2.20 bits per heavy atom. The van der Waals surface area contributed by atoms with Gasteiger partial charge in [0.05, 0.1) is 5.60 Å². The minimum Gasteiger partial charge on any atom is -0.378 e. The van der Waals surface area contributed by atoms with Gasteiger partial charge in [-0.3, -0.25) is 0 Å². The van der Waals surface area contributed by atoms with Gasteiger partial charge < -0.3 is 10.1 Å². The predicted octanol–water partition coefficient (Wildman–Crippen LogP) is 2.37. The number of aryl methyl sites for hydroxylation is 1. The Morgan fingerprint density at radius 1 is 1.47 bits per heavy atom. The highest BCUT2D eigenvalue weighted by atomic mass is 32.1. The maximum atomic E-state index is 5.76. The van der Waals surface area contributed by atoms with Gasteiger partial charge in [-0.15, -0.1) is 11.3 Å². The third-order valence-corrected chi connectivity index (χ3v) is 4.28. The summed E-state index contributed by atoms with van der Waals surface area (Å²) in [5, 5.41) is 5.61. The molecule has 1 aliphatic heterocycles. The number of hydrogen-bond acceptors (Lipinski definition) is 3. The van der Waals surface area contributed by atoms with E-state index in [1.165, 1.54) is 10.4 Å². The van der Waals surface area contributed by atoms with E-state index in [4.69, 9.17) is 4.74 Å². The molecule has 84 valence electrons. The monoisotopic (exact) mass is 225 g/mol. The Labute approximate surface area is 95.6 Å². The molecular formula is C12H19NOS. The molecule has 0 spiro atoms. The molecule has 1 fully saturated rings. The van der Waals surface area contributed by atoms with Gasteiger partial charge in [-0.1, -0.05) is 0 Å². The zero-order chi connectivity index (χ0) is 10.7. The molecule has 15 heavy (non-hydrogen) atoms. The van der Waals surface area contributed by atoms with Crippen LogP contribution in [0.25, 0.3) is 0 Å². The summed E-state index contributed by atoms with van der Waals surface area (Å²) in [6, 6.07) is 2.29. The minimum absolute atomic E-state index is 0.0859. The summed E-state index contributed by atoms with van der Waals surface area (Å²) in [6.45, 7) is 4.32. The van der Waals surface area contributed by atoms with Crippen molar-refractivity contribution in [3.63, 3.8) is 0 Å². The standard InChI is InChI=1S/C12H19NOS/c1-10-7-11(15-9-10)8-12(14-2)3-5-13-6-4-12/h7,9,13H,3-6,8H2,1-2H3. The van der Waals surface area contributed by atoms with Crippen LogP contribution in [0.1, 0.15) is 23.3 Å². The fraction of sp³-hybridized carbons (Fsp3) is 0.667. The summed E-state index contributed by atoms with van der Waals surface area (Å²) in [5.74, 6) is 0. The van der Waals surface area contributed by atoms with Gasteiger partial charge in [0.15, 0.2) is 0 Å². The number of thiophene rings is 1. The highest BCUT2D eigenvalue weighted by Gasteiger charge is 2.32. The lowest BCUT2D eigenvalue weighted by atomic mass is 9.88. The summed E-state index contributed by atoms with van der Waals surface area (Å²) < 4.78 is 5.76. The van der Waals surface area contributed by atoms with E-state index in [0.29, 0.717) is 0 Å². The summed E-state index contributed by atoms with van der Waals surface area (Å²) in [7, 11) is 1.85. The van der Waals surface area contributed by atoms with Crippen LogP contribution < -0.4 is 5.32 Å². The fourth-order valence-electron chi connectivity index (χ4n) is 2.24. The third kappa shape index (κ3) is 2.60. The van der Waals surface area contributed by atoms with Gasteiger partial charge in [-0.05, 0) is 49.9 Å². The first-order valence-electron chi connectivity index (χ1n) is 5.54. The van der Waals surface area contributed by atoms with Gasteiger partial charge in [-0.2, -0.15) is 0 Å². The van der Waals surface area contributed by atoms with Crippen LogP contribution >= 0.6 is 11.3 Å². The van der Waals surface area contributed by atoms with E-state index in [9.17, 15) is 0 Å². The van der Waals surface area contributed by atoms with Gasteiger partial charge in [0.25, 0.3) is 0 Å². The van der Waals surface area contributed by atoms with E-state index < -0.39 is 0 Å². The second-order valence-electron chi connectivity index (χ2n) is 4.40. The SMILES string of the molecule is COC1(Cc2cc(C)cs2)CCNCC1. The first-order valence-corrected chi connectivity index (χ1v) is 6.42. The van der Waals surface area contributed by atoms with Crippen LogP contribution in [-0.4, -0.2) is 25.8 Å². The summed E-state index contributed by atoms with van der Waals surface area (Å²) in [5.41, 5.74) is 1.46. The van der Waals surface area contributed by atoms with Crippen LogP contribution in [0.2, 0.25) is 0 Å². The second-order valence-corrected chi connectivity index (χ2v) is 5.40. The van der Waals surface area contributed by atoms with Crippen molar-refractivity contribution >= 4 is 11.3 Å². The van der Waals surface area contributed by atoms with Crippen molar-refractivity contribution < 1.29 is 4.74 Å². The van der Waals surface area contributed by atoms with E-state index in [0.717, 1.165) is 32.4 Å². The van der Waals surface area contributed by atoms with Gasteiger partial charge in [-0.25, -0.2) is 0 Å². The molecule has 1 aromatic heterocycles. The molecule has 0 bridgehead atoms. The Kier molecular flexibility index (Phi) is 3.44. The van der Waals surface area contributed by atoms with E-state index in [-0.39, 0.29) is 5.60 Å².